The Bertz CT molecular complexity index is 957. The van der Waals surface area contributed by atoms with E-state index in [-0.39, 0.29) is 53.7 Å². The number of carbonyl (C=O) groups excluding carboxylic acids is 3. The zero-order valence-corrected chi connectivity index (χ0v) is 25.0. The number of hydrogen-bond acceptors (Lipinski definition) is 4. The summed E-state index contributed by atoms with van der Waals surface area (Å²) < 4.78 is 0. The molecule has 0 bridgehead atoms. The normalized spacial score (nSPS) is 19.3. The van der Waals surface area contributed by atoms with Crippen LogP contribution in [0.2, 0.25) is 0 Å². The fraction of sp³-hybridized carbons (Fsp3) is 0.645. The third-order valence-corrected chi connectivity index (χ3v) is 7.64. The van der Waals surface area contributed by atoms with Crippen molar-refractivity contribution in [2.75, 3.05) is 13.6 Å². The third-order valence-electron chi connectivity index (χ3n) is 7.64. The molecule has 0 spiro atoms. The van der Waals surface area contributed by atoms with Crippen LogP contribution in [0.25, 0.3) is 0 Å². The van der Waals surface area contributed by atoms with Gasteiger partial charge in [-0.3, -0.25) is 19.3 Å². The molecule has 2 N–H and O–H groups in total. The van der Waals surface area contributed by atoms with Gasteiger partial charge in [0.05, 0.1) is 18.1 Å². The largest absolute Gasteiger partial charge is 0.346 e. The van der Waals surface area contributed by atoms with E-state index >= 15 is 0 Å². The van der Waals surface area contributed by atoms with Gasteiger partial charge in [0.2, 0.25) is 17.7 Å². The first-order chi connectivity index (χ1) is 17.8. The Kier molecular flexibility index (Phi) is 12.0. The number of carbonyl (C=O) groups is 3. The van der Waals surface area contributed by atoms with E-state index in [0.717, 1.165) is 31.4 Å². The minimum absolute atomic E-state index is 0.0686. The van der Waals surface area contributed by atoms with Crippen LogP contribution in [0.5, 0.6) is 0 Å². The predicted molar refractivity (Wildman–Crippen MR) is 154 cm³/mol. The van der Waals surface area contributed by atoms with Crippen molar-refractivity contribution in [3.05, 3.63) is 47.5 Å². The molecule has 3 amide bonds. The van der Waals surface area contributed by atoms with Gasteiger partial charge in [0.15, 0.2) is 0 Å². The van der Waals surface area contributed by atoms with E-state index in [1.165, 1.54) is 0 Å². The van der Waals surface area contributed by atoms with E-state index in [0.29, 0.717) is 5.57 Å². The van der Waals surface area contributed by atoms with Crippen LogP contribution in [0.4, 0.5) is 0 Å². The van der Waals surface area contributed by atoms with E-state index in [1.807, 2.05) is 71.0 Å². The second-order valence-corrected chi connectivity index (χ2v) is 11.7. The minimum atomic E-state index is -0.634. The van der Waals surface area contributed by atoms with E-state index in [1.54, 1.807) is 18.9 Å². The lowest BCUT2D eigenvalue weighted by Crippen LogP contribution is -2.58. The van der Waals surface area contributed by atoms with Crippen molar-refractivity contribution in [2.24, 2.45) is 11.8 Å². The van der Waals surface area contributed by atoms with Crippen LogP contribution in [0.1, 0.15) is 86.3 Å². The Morgan fingerprint density at radius 3 is 2.13 bits per heavy atom. The predicted octanol–water partition coefficient (Wildman–Crippen LogP) is 4.70. The molecule has 7 nitrogen and oxygen atoms in total. The van der Waals surface area contributed by atoms with Crippen molar-refractivity contribution in [1.82, 2.24) is 20.4 Å². The van der Waals surface area contributed by atoms with Gasteiger partial charge in [0.1, 0.15) is 6.04 Å². The molecule has 38 heavy (non-hydrogen) atoms. The fourth-order valence-electron chi connectivity index (χ4n) is 5.20. The topological polar surface area (TPSA) is 81.8 Å². The van der Waals surface area contributed by atoms with Gasteiger partial charge >= 0.3 is 0 Å². The molecule has 0 radical (unpaired) electrons. The Morgan fingerprint density at radius 2 is 1.58 bits per heavy atom. The average molecular weight is 527 g/mol. The summed E-state index contributed by atoms with van der Waals surface area (Å²) in [4.78, 5) is 44.0. The molecule has 1 aromatic carbocycles. The molecule has 1 aliphatic rings. The number of nitrogens with zero attached hydrogens (tertiary/aromatic N) is 2. The minimum Gasteiger partial charge on any atom is -0.346 e. The van der Waals surface area contributed by atoms with E-state index in [2.05, 4.69) is 29.4 Å². The first kappa shape index (κ1) is 31.5. The van der Waals surface area contributed by atoms with Gasteiger partial charge in [-0.25, -0.2) is 0 Å². The second kappa shape index (κ2) is 14.5. The summed E-state index contributed by atoms with van der Waals surface area (Å²) in [5.74, 6) is -0.357. The highest BCUT2D eigenvalue weighted by molar-refractivity contribution is 5.93. The van der Waals surface area contributed by atoms with Gasteiger partial charge in [-0.05, 0) is 64.5 Å². The summed E-state index contributed by atoms with van der Waals surface area (Å²) >= 11 is 0. The van der Waals surface area contributed by atoms with Crippen LogP contribution in [-0.4, -0.2) is 65.3 Å². The van der Waals surface area contributed by atoms with Crippen molar-refractivity contribution >= 4 is 17.7 Å². The lowest BCUT2D eigenvalue weighted by atomic mass is 9.95. The summed E-state index contributed by atoms with van der Waals surface area (Å²) in [6.45, 7) is 16.9. The summed E-state index contributed by atoms with van der Waals surface area (Å²) in [5.41, 5.74) is 1.59. The molecule has 7 heteroatoms. The molecule has 0 aliphatic carbocycles. The SMILES string of the molecule is CC(=C[C@H](C(C)C)N(C)C(=O)[C@@H](NC(=O)C1CCCCN1C(C)C)C(C)C)C(=O)N[C@H](C)c1ccccc1. The standard InChI is InChI=1S/C31H50N4O3/c1-20(2)27(19-23(7)29(36)32-24(8)25-15-11-10-12-16-25)34(9)31(38)28(21(3)4)33-30(37)26-17-13-14-18-35(26)22(5)6/h10-12,15-16,19-22,24,26-28H,13-14,17-18H2,1-9H3,(H,32,36)(H,33,37)/t24-,26?,27-,28+/m1/s1. The van der Waals surface area contributed by atoms with Gasteiger partial charge in [0, 0.05) is 18.7 Å². The van der Waals surface area contributed by atoms with Crippen LogP contribution in [0, 0.1) is 11.8 Å². The molecule has 1 aromatic rings. The maximum absolute atomic E-state index is 13.7. The Labute approximate surface area is 230 Å². The number of likely N-dealkylation sites (N-methyl/N-ethyl adjacent to an activating group) is 1. The van der Waals surface area contributed by atoms with Crippen LogP contribution in [-0.2, 0) is 14.4 Å². The number of piperidine rings is 1. The highest BCUT2D eigenvalue weighted by Gasteiger charge is 2.36. The summed E-state index contributed by atoms with van der Waals surface area (Å²) in [7, 11) is 1.77. The van der Waals surface area contributed by atoms with E-state index in [4.69, 9.17) is 0 Å². The first-order valence-electron chi connectivity index (χ1n) is 14.2. The number of amides is 3. The lowest BCUT2D eigenvalue weighted by Gasteiger charge is -2.39. The number of rotatable bonds is 11. The summed E-state index contributed by atoms with van der Waals surface area (Å²) in [6.07, 6.45) is 4.80. The molecule has 0 aromatic heterocycles. The molecule has 1 aliphatic heterocycles. The van der Waals surface area contributed by atoms with Crippen molar-refractivity contribution in [1.29, 1.82) is 0 Å². The monoisotopic (exact) mass is 526 g/mol. The average Bonchev–Trinajstić information content (AvgIpc) is 2.89. The van der Waals surface area contributed by atoms with Gasteiger partial charge in [-0.1, -0.05) is 70.5 Å². The molecule has 4 atom stereocenters. The molecule has 1 saturated heterocycles. The van der Waals surface area contributed by atoms with E-state index < -0.39 is 6.04 Å². The van der Waals surface area contributed by atoms with Crippen LogP contribution in [0.3, 0.4) is 0 Å². The maximum Gasteiger partial charge on any atom is 0.247 e. The van der Waals surface area contributed by atoms with Crippen LogP contribution < -0.4 is 10.6 Å². The van der Waals surface area contributed by atoms with Crippen molar-refractivity contribution in [3.63, 3.8) is 0 Å². The third kappa shape index (κ3) is 8.42. The number of nitrogens with one attached hydrogen (secondary N) is 2. The van der Waals surface area contributed by atoms with Gasteiger partial charge in [0.25, 0.3) is 0 Å². The van der Waals surface area contributed by atoms with E-state index in [9.17, 15) is 14.4 Å². The second-order valence-electron chi connectivity index (χ2n) is 11.7. The highest BCUT2D eigenvalue weighted by Crippen LogP contribution is 2.22. The molecule has 1 fully saturated rings. The molecular weight excluding hydrogens is 476 g/mol. The molecule has 1 heterocycles. The van der Waals surface area contributed by atoms with Crippen LogP contribution in [0.15, 0.2) is 42.0 Å². The number of likely N-dealkylation sites (tertiary alicyclic amines) is 1. The van der Waals surface area contributed by atoms with Crippen molar-refractivity contribution < 1.29 is 14.4 Å². The Balaban J connectivity index is 2.16. The molecule has 2 rings (SSSR count). The van der Waals surface area contributed by atoms with Gasteiger partial charge in [-0.15, -0.1) is 0 Å². The zero-order valence-electron chi connectivity index (χ0n) is 25.0. The fourth-order valence-corrected chi connectivity index (χ4v) is 5.20. The number of benzene rings is 1. The lowest BCUT2D eigenvalue weighted by molar-refractivity contribution is -0.140. The molecule has 0 saturated carbocycles. The van der Waals surface area contributed by atoms with Crippen molar-refractivity contribution in [2.45, 2.75) is 105 Å². The maximum atomic E-state index is 13.7. The molecular formula is C31H50N4O3. The van der Waals surface area contributed by atoms with Gasteiger partial charge < -0.3 is 15.5 Å². The molecule has 1 unspecified atom stereocenters. The van der Waals surface area contributed by atoms with Crippen LogP contribution >= 0.6 is 0 Å². The number of hydrogen-bond donors (Lipinski definition) is 2. The van der Waals surface area contributed by atoms with Crippen molar-refractivity contribution in [3.8, 4) is 0 Å². The Hall–Kier alpha value is -2.67. The van der Waals surface area contributed by atoms with Gasteiger partial charge in [-0.2, -0.15) is 0 Å². The highest BCUT2D eigenvalue weighted by atomic mass is 16.2. The summed E-state index contributed by atoms with van der Waals surface area (Å²) in [6, 6.07) is 8.84. The Morgan fingerprint density at radius 1 is 0.947 bits per heavy atom. The quantitative estimate of drug-likeness (QED) is 0.410. The smallest absolute Gasteiger partial charge is 0.247 e. The first-order valence-corrected chi connectivity index (χ1v) is 14.2. The summed E-state index contributed by atoms with van der Waals surface area (Å²) in [5, 5.41) is 6.15. The molecule has 212 valence electrons. The zero-order chi connectivity index (χ0) is 28.6.